The third-order valence-electron chi connectivity index (χ3n) is 6.06. The Kier molecular flexibility index (Phi) is 4.93. The van der Waals surface area contributed by atoms with Crippen LogP contribution < -0.4 is 5.32 Å². The van der Waals surface area contributed by atoms with E-state index in [-0.39, 0.29) is 5.91 Å². The van der Waals surface area contributed by atoms with Gasteiger partial charge in [-0.1, -0.05) is 0 Å². The summed E-state index contributed by atoms with van der Waals surface area (Å²) in [4.78, 5) is 20.4. The molecule has 2 fully saturated rings. The number of nitrogens with one attached hydrogen (secondary N) is 1. The number of amides is 1. The SMILES string of the molecule is Cc1nn(C)c2nc(C3CC3)cc(C(=O)NC[C@@H]3CCCN(C(C)C)C3)c12. The Morgan fingerprint density at radius 3 is 2.81 bits per heavy atom. The normalized spacial score (nSPS) is 21.1. The highest BCUT2D eigenvalue weighted by Crippen LogP contribution is 2.40. The number of hydrogen-bond donors (Lipinski definition) is 1. The van der Waals surface area contributed by atoms with Crippen molar-refractivity contribution in [3.8, 4) is 0 Å². The second kappa shape index (κ2) is 7.23. The molecule has 2 aromatic rings. The summed E-state index contributed by atoms with van der Waals surface area (Å²) in [5.74, 6) is 1.05. The fourth-order valence-electron chi connectivity index (χ4n) is 4.30. The highest BCUT2D eigenvalue weighted by molar-refractivity contribution is 6.06. The minimum absolute atomic E-state index is 0.0158. The Hall–Kier alpha value is -1.95. The van der Waals surface area contributed by atoms with Crippen LogP contribution in [0.2, 0.25) is 0 Å². The van der Waals surface area contributed by atoms with Crippen molar-refractivity contribution in [3.05, 3.63) is 23.0 Å². The first kappa shape index (κ1) is 18.4. The van der Waals surface area contributed by atoms with Crippen LogP contribution in [0.25, 0.3) is 11.0 Å². The summed E-state index contributed by atoms with van der Waals surface area (Å²) in [6, 6.07) is 2.58. The Balaban J connectivity index is 1.54. The van der Waals surface area contributed by atoms with Gasteiger partial charge < -0.3 is 10.2 Å². The van der Waals surface area contributed by atoms with Gasteiger partial charge in [0.15, 0.2) is 5.65 Å². The van der Waals surface area contributed by atoms with Gasteiger partial charge in [0.05, 0.1) is 16.6 Å². The van der Waals surface area contributed by atoms with Crippen molar-refractivity contribution < 1.29 is 4.79 Å². The number of carbonyl (C=O) groups excluding carboxylic acids is 1. The molecule has 4 rings (SSSR count). The average molecular weight is 370 g/mol. The van der Waals surface area contributed by atoms with Crippen LogP contribution in [0.1, 0.15) is 67.2 Å². The minimum atomic E-state index is 0.0158. The molecular weight excluding hydrogens is 338 g/mol. The molecule has 1 saturated heterocycles. The van der Waals surface area contributed by atoms with Gasteiger partial charge in [0.25, 0.3) is 5.91 Å². The Labute approximate surface area is 161 Å². The van der Waals surface area contributed by atoms with Crippen molar-refractivity contribution >= 4 is 16.9 Å². The van der Waals surface area contributed by atoms with Crippen molar-refractivity contribution in [2.75, 3.05) is 19.6 Å². The predicted octanol–water partition coefficient (Wildman–Crippen LogP) is 3.00. The van der Waals surface area contributed by atoms with Crippen LogP contribution in [0, 0.1) is 12.8 Å². The molecule has 1 aliphatic carbocycles. The smallest absolute Gasteiger partial charge is 0.252 e. The van der Waals surface area contributed by atoms with E-state index in [1.54, 1.807) is 4.68 Å². The van der Waals surface area contributed by atoms with Gasteiger partial charge in [-0.2, -0.15) is 5.10 Å². The fraction of sp³-hybridized carbons (Fsp3) is 0.667. The van der Waals surface area contributed by atoms with E-state index < -0.39 is 0 Å². The van der Waals surface area contributed by atoms with Gasteiger partial charge in [0.1, 0.15) is 0 Å². The number of fused-ring (bicyclic) bond motifs is 1. The van der Waals surface area contributed by atoms with Crippen LogP contribution in [0.15, 0.2) is 6.07 Å². The summed E-state index contributed by atoms with van der Waals surface area (Å²) in [5.41, 5.74) is 3.48. The highest BCUT2D eigenvalue weighted by atomic mass is 16.1. The molecule has 146 valence electrons. The zero-order valence-electron chi connectivity index (χ0n) is 17.0. The van der Waals surface area contributed by atoms with Crippen molar-refractivity contribution in [3.63, 3.8) is 0 Å². The maximum Gasteiger partial charge on any atom is 0.252 e. The molecule has 1 amide bonds. The number of pyridine rings is 1. The lowest BCUT2D eigenvalue weighted by atomic mass is 9.96. The number of likely N-dealkylation sites (tertiary alicyclic amines) is 1. The van der Waals surface area contributed by atoms with Gasteiger partial charge in [0, 0.05) is 37.8 Å². The number of piperidine rings is 1. The fourth-order valence-corrected chi connectivity index (χ4v) is 4.30. The second-order valence-corrected chi connectivity index (χ2v) is 8.58. The second-order valence-electron chi connectivity index (χ2n) is 8.58. The Bertz CT molecular complexity index is 852. The van der Waals surface area contributed by atoms with Gasteiger partial charge in [-0.05, 0) is 65.0 Å². The molecule has 6 nitrogen and oxygen atoms in total. The predicted molar refractivity (Wildman–Crippen MR) is 107 cm³/mol. The van der Waals surface area contributed by atoms with E-state index in [1.807, 2.05) is 20.0 Å². The van der Waals surface area contributed by atoms with Gasteiger partial charge in [-0.3, -0.25) is 9.48 Å². The van der Waals surface area contributed by atoms with Crippen molar-refractivity contribution in [1.82, 2.24) is 25.0 Å². The first-order valence-electron chi connectivity index (χ1n) is 10.3. The summed E-state index contributed by atoms with van der Waals surface area (Å²) in [5, 5.41) is 8.61. The Morgan fingerprint density at radius 2 is 2.11 bits per heavy atom. The third kappa shape index (κ3) is 3.72. The average Bonchev–Trinajstić information content (AvgIpc) is 3.46. The molecule has 0 bridgehead atoms. The maximum absolute atomic E-state index is 13.1. The minimum Gasteiger partial charge on any atom is -0.352 e. The number of carbonyl (C=O) groups is 1. The van der Waals surface area contributed by atoms with E-state index in [4.69, 9.17) is 4.98 Å². The number of rotatable bonds is 5. The summed E-state index contributed by atoms with van der Waals surface area (Å²) in [6.07, 6.45) is 4.74. The molecule has 0 unspecified atom stereocenters. The molecular formula is C21H31N5O. The molecule has 1 atom stereocenters. The molecule has 2 aliphatic rings. The lowest BCUT2D eigenvalue weighted by Gasteiger charge is -2.35. The maximum atomic E-state index is 13.1. The summed E-state index contributed by atoms with van der Waals surface area (Å²) in [7, 11) is 1.91. The highest BCUT2D eigenvalue weighted by Gasteiger charge is 2.29. The number of hydrogen-bond acceptors (Lipinski definition) is 4. The molecule has 1 N–H and O–H groups in total. The number of nitrogens with zero attached hydrogens (tertiary/aromatic N) is 4. The molecule has 6 heteroatoms. The van der Waals surface area contributed by atoms with E-state index in [2.05, 4.69) is 29.2 Å². The molecule has 1 saturated carbocycles. The summed E-state index contributed by atoms with van der Waals surface area (Å²) in [6.45, 7) is 9.44. The van der Waals surface area contributed by atoms with Crippen LogP contribution in [-0.4, -0.2) is 51.2 Å². The van der Waals surface area contributed by atoms with E-state index in [0.717, 1.165) is 41.1 Å². The van der Waals surface area contributed by atoms with E-state index in [0.29, 0.717) is 17.9 Å². The first-order chi connectivity index (χ1) is 12.9. The van der Waals surface area contributed by atoms with Crippen LogP contribution >= 0.6 is 0 Å². The number of aromatic nitrogens is 3. The van der Waals surface area contributed by atoms with Gasteiger partial charge >= 0.3 is 0 Å². The number of aryl methyl sites for hydroxylation is 2. The summed E-state index contributed by atoms with van der Waals surface area (Å²) >= 11 is 0. The van der Waals surface area contributed by atoms with E-state index in [1.165, 1.54) is 32.2 Å². The van der Waals surface area contributed by atoms with Gasteiger partial charge in [0.2, 0.25) is 0 Å². The largest absolute Gasteiger partial charge is 0.352 e. The molecule has 0 spiro atoms. The molecule has 2 aromatic heterocycles. The zero-order chi connectivity index (χ0) is 19.1. The summed E-state index contributed by atoms with van der Waals surface area (Å²) < 4.78 is 1.80. The topological polar surface area (TPSA) is 63.1 Å². The molecule has 1 aliphatic heterocycles. The first-order valence-corrected chi connectivity index (χ1v) is 10.3. The molecule has 27 heavy (non-hydrogen) atoms. The van der Waals surface area contributed by atoms with Crippen molar-refractivity contribution in [1.29, 1.82) is 0 Å². The van der Waals surface area contributed by atoms with E-state index in [9.17, 15) is 4.79 Å². The van der Waals surface area contributed by atoms with Crippen LogP contribution in [0.5, 0.6) is 0 Å². The quantitative estimate of drug-likeness (QED) is 0.880. The van der Waals surface area contributed by atoms with Crippen LogP contribution in [-0.2, 0) is 7.05 Å². The van der Waals surface area contributed by atoms with E-state index >= 15 is 0 Å². The van der Waals surface area contributed by atoms with Crippen LogP contribution in [0.4, 0.5) is 0 Å². The molecule has 3 heterocycles. The van der Waals surface area contributed by atoms with Crippen molar-refractivity contribution in [2.24, 2.45) is 13.0 Å². The molecule has 0 radical (unpaired) electrons. The zero-order valence-corrected chi connectivity index (χ0v) is 17.0. The van der Waals surface area contributed by atoms with Crippen LogP contribution in [0.3, 0.4) is 0 Å². The Morgan fingerprint density at radius 1 is 1.33 bits per heavy atom. The van der Waals surface area contributed by atoms with Crippen molar-refractivity contribution in [2.45, 2.75) is 58.4 Å². The third-order valence-corrected chi connectivity index (χ3v) is 6.06. The monoisotopic (exact) mass is 369 g/mol. The lowest BCUT2D eigenvalue weighted by Crippen LogP contribution is -2.43. The van der Waals surface area contributed by atoms with Gasteiger partial charge in [-0.25, -0.2) is 4.98 Å². The van der Waals surface area contributed by atoms with Gasteiger partial charge in [-0.15, -0.1) is 0 Å². The molecule has 0 aromatic carbocycles. The lowest BCUT2D eigenvalue weighted by molar-refractivity contribution is 0.0924. The standard InChI is InChI=1S/C21H31N5O/c1-13(2)26-9-5-6-15(12-26)11-22-21(27)17-10-18(16-7-8-16)23-20-19(17)14(3)24-25(20)4/h10,13,15-16H,5-9,11-12H2,1-4H3,(H,22,27)/t15-/m0/s1.